The normalized spacial score (nSPS) is 14.5. The van der Waals surface area contributed by atoms with E-state index in [1.807, 2.05) is 6.20 Å². The highest BCUT2D eigenvalue weighted by molar-refractivity contribution is 5.98. The van der Waals surface area contributed by atoms with Crippen molar-refractivity contribution >= 4 is 39.9 Å². The Morgan fingerprint density at radius 3 is 1.69 bits per heavy atom. The van der Waals surface area contributed by atoms with E-state index in [0.29, 0.717) is 0 Å². The fourth-order valence-corrected chi connectivity index (χ4v) is 11.0. The van der Waals surface area contributed by atoms with E-state index < -0.39 is 0 Å². The van der Waals surface area contributed by atoms with Gasteiger partial charge in [0.1, 0.15) is 17.3 Å². The van der Waals surface area contributed by atoms with Gasteiger partial charge in [0, 0.05) is 52.1 Å². The Kier molecular flexibility index (Phi) is 11.3. The van der Waals surface area contributed by atoms with Gasteiger partial charge in [0.05, 0.1) is 11.4 Å². The van der Waals surface area contributed by atoms with Gasteiger partial charge in [0.25, 0.3) is 0 Å². The molecule has 68 heavy (non-hydrogen) atoms. The summed E-state index contributed by atoms with van der Waals surface area (Å²) in [5, 5.41) is 0. The maximum Gasteiger partial charge on any atom is 0.137 e. The number of hydrogen-bond donors (Lipinski definition) is 0. The van der Waals surface area contributed by atoms with E-state index in [-0.39, 0.29) is 21.7 Å². The van der Waals surface area contributed by atoms with Crippen LogP contribution in [-0.2, 0) is 21.7 Å². The molecule has 7 aromatic rings. The van der Waals surface area contributed by atoms with Gasteiger partial charge in [-0.25, -0.2) is 4.98 Å². The van der Waals surface area contributed by atoms with Crippen LogP contribution < -0.4 is 19.4 Å². The van der Waals surface area contributed by atoms with Gasteiger partial charge >= 0.3 is 0 Å². The molecule has 5 heteroatoms. The Morgan fingerprint density at radius 2 is 1.07 bits per heavy atom. The first-order valence-corrected chi connectivity index (χ1v) is 24.4. The summed E-state index contributed by atoms with van der Waals surface area (Å²) < 4.78 is 7.14. The fraction of sp³-hybridized carbons (Fsp3) is 0.333. The van der Waals surface area contributed by atoms with E-state index in [0.717, 1.165) is 45.6 Å². The number of para-hydroxylation sites is 1. The summed E-state index contributed by atoms with van der Waals surface area (Å²) in [5.74, 6) is 2.42. The molecule has 0 saturated heterocycles. The van der Waals surface area contributed by atoms with Crippen LogP contribution in [0.3, 0.4) is 0 Å². The first kappa shape index (κ1) is 46.8. The monoisotopic (exact) mass is 900 g/mol. The molecule has 1 aromatic heterocycles. The van der Waals surface area contributed by atoms with Gasteiger partial charge < -0.3 is 14.5 Å². The number of benzene rings is 6. The number of hydrogen-bond acceptors (Lipinski definition) is 5. The lowest BCUT2D eigenvalue weighted by molar-refractivity contribution is 0.482. The molecular formula is C63H71N4O-. The van der Waals surface area contributed by atoms with Gasteiger partial charge in [-0.15, -0.1) is 6.67 Å². The Labute approximate surface area is 407 Å². The van der Waals surface area contributed by atoms with Crippen molar-refractivity contribution in [2.75, 3.05) is 14.7 Å². The highest BCUT2D eigenvalue weighted by Crippen LogP contribution is 2.57. The molecular weight excluding hydrogens is 829 g/mol. The second-order valence-corrected chi connectivity index (χ2v) is 23.4. The van der Waals surface area contributed by atoms with Crippen LogP contribution in [0, 0.1) is 48.2 Å². The van der Waals surface area contributed by atoms with Crippen LogP contribution in [0.2, 0.25) is 0 Å². The molecule has 2 aliphatic heterocycles. The largest absolute Gasteiger partial charge is 0.473 e. The number of nitrogens with zero attached hydrogens (tertiary/aromatic N) is 4. The van der Waals surface area contributed by atoms with Crippen molar-refractivity contribution in [3.63, 3.8) is 0 Å². The van der Waals surface area contributed by atoms with E-state index in [1.54, 1.807) is 0 Å². The van der Waals surface area contributed by atoms with Crippen molar-refractivity contribution in [3.05, 3.63) is 183 Å². The number of rotatable bonds is 6. The summed E-state index contributed by atoms with van der Waals surface area (Å²) in [7, 11) is 0. The van der Waals surface area contributed by atoms with Gasteiger partial charge in [-0.2, -0.15) is 0 Å². The molecule has 0 radical (unpaired) electrons. The first-order chi connectivity index (χ1) is 31.8. The van der Waals surface area contributed by atoms with Crippen molar-refractivity contribution in [1.82, 2.24) is 4.98 Å². The van der Waals surface area contributed by atoms with Crippen molar-refractivity contribution in [3.8, 4) is 22.6 Å². The minimum absolute atomic E-state index is 0.0374. The maximum absolute atomic E-state index is 7.14. The second kappa shape index (κ2) is 16.4. The molecule has 0 aliphatic carbocycles. The number of anilines is 7. The van der Waals surface area contributed by atoms with E-state index in [4.69, 9.17) is 9.72 Å². The zero-order valence-corrected chi connectivity index (χ0v) is 43.7. The zero-order valence-electron chi connectivity index (χ0n) is 43.7. The van der Waals surface area contributed by atoms with Crippen LogP contribution in [0.4, 0.5) is 39.9 Å². The highest BCUT2D eigenvalue weighted by atomic mass is 16.5. The molecule has 0 unspecified atom stereocenters. The summed E-state index contributed by atoms with van der Waals surface area (Å²) in [4.78, 5) is 12.3. The summed E-state index contributed by atoms with van der Waals surface area (Å²) in [6, 6.07) is 40.6. The Bertz CT molecular complexity index is 3090. The smallest absolute Gasteiger partial charge is 0.137 e. The van der Waals surface area contributed by atoms with Gasteiger partial charge in [-0.05, 0) is 156 Å². The average Bonchev–Trinajstić information content (AvgIpc) is 3.61. The van der Waals surface area contributed by atoms with Crippen molar-refractivity contribution in [1.29, 1.82) is 0 Å². The summed E-state index contributed by atoms with van der Waals surface area (Å²) in [6.07, 6.45) is 1.95. The van der Waals surface area contributed by atoms with Gasteiger partial charge in [-0.3, -0.25) is 4.90 Å². The van der Waals surface area contributed by atoms with E-state index in [1.165, 1.54) is 78.1 Å². The third-order valence-corrected chi connectivity index (χ3v) is 14.3. The molecule has 350 valence electrons. The lowest BCUT2D eigenvalue weighted by Gasteiger charge is -2.41. The van der Waals surface area contributed by atoms with E-state index in [9.17, 15) is 0 Å². The molecule has 5 nitrogen and oxygen atoms in total. The molecule has 0 N–H and O–H groups in total. The first-order valence-electron chi connectivity index (χ1n) is 24.4. The van der Waals surface area contributed by atoms with Crippen molar-refractivity contribution < 1.29 is 4.74 Å². The number of ether oxygens (including phenoxy) is 1. The molecule has 0 fully saturated rings. The average molecular weight is 900 g/mol. The molecule has 2 aliphatic rings. The Morgan fingerprint density at radius 1 is 0.500 bits per heavy atom. The fourth-order valence-electron chi connectivity index (χ4n) is 11.0. The summed E-state index contributed by atoms with van der Waals surface area (Å²) >= 11 is 0. The number of fused-ring (bicyclic) bond motifs is 3. The molecule has 9 rings (SSSR count). The zero-order chi connectivity index (χ0) is 49.0. The van der Waals surface area contributed by atoms with Crippen LogP contribution in [-0.4, -0.2) is 4.98 Å². The van der Waals surface area contributed by atoms with Crippen LogP contribution in [0.25, 0.3) is 11.1 Å². The Balaban J connectivity index is 1.25. The number of aryl methyl sites for hydroxylation is 6. The van der Waals surface area contributed by atoms with Crippen molar-refractivity contribution in [2.24, 2.45) is 0 Å². The van der Waals surface area contributed by atoms with Crippen LogP contribution >= 0.6 is 0 Å². The molecule has 0 amide bonds. The molecule has 0 saturated carbocycles. The predicted octanol–water partition coefficient (Wildman–Crippen LogP) is 17.8. The molecule has 3 heterocycles. The summed E-state index contributed by atoms with van der Waals surface area (Å²) in [6.45, 7) is 41.2. The molecule has 0 bridgehead atoms. The summed E-state index contributed by atoms with van der Waals surface area (Å²) in [5.41, 5.74) is 22.6. The highest BCUT2D eigenvalue weighted by Gasteiger charge is 2.38. The predicted molar refractivity (Wildman–Crippen MR) is 289 cm³/mol. The van der Waals surface area contributed by atoms with Crippen LogP contribution in [0.5, 0.6) is 11.5 Å². The van der Waals surface area contributed by atoms with Gasteiger partial charge in [-0.1, -0.05) is 142 Å². The van der Waals surface area contributed by atoms with Crippen LogP contribution in [0.15, 0.2) is 115 Å². The lowest BCUT2D eigenvalue weighted by atomic mass is 9.73. The third-order valence-electron chi connectivity index (χ3n) is 14.3. The van der Waals surface area contributed by atoms with Gasteiger partial charge in [0.2, 0.25) is 0 Å². The number of pyridine rings is 1. The quantitative estimate of drug-likeness (QED) is 0.155. The molecule has 6 aromatic carbocycles. The number of aromatic nitrogens is 1. The standard InChI is InChI=1S/C63H71N4O/c1-38-28-40(3)57(41(4)29-38)48-24-22-46(68-47-23-25-50-54(36-47)67(52-21-19-18-20-49(52)63(50,16)17)56-34-44(26-27-64-56)60(7,8)9)35-53(48)65-37-66(58-42(5)30-39(2)31-43(58)6)59-51(62(13,14)15)32-45(33-55(59)65)61(10,11)12/h18-37H,1-17H3/q-1. The molecule has 0 atom stereocenters. The topological polar surface area (TPSA) is 31.8 Å². The minimum Gasteiger partial charge on any atom is -0.473 e. The second-order valence-electron chi connectivity index (χ2n) is 23.4. The van der Waals surface area contributed by atoms with Crippen molar-refractivity contribution in [2.45, 2.75) is 139 Å². The van der Waals surface area contributed by atoms with Gasteiger partial charge in [0.15, 0.2) is 0 Å². The lowest BCUT2D eigenvalue weighted by Crippen LogP contribution is -2.31. The van der Waals surface area contributed by atoms with Crippen LogP contribution in [0.1, 0.15) is 137 Å². The minimum atomic E-state index is -0.252. The maximum atomic E-state index is 7.14. The third kappa shape index (κ3) is 8.16. The van der Waals surface area contributed by atoms with E-state index in [2.05, 4.69) is 248 Å². The SMILES string of the molecule is Cc1cc(C)c(-c2ccc(Oc3ccc4c(c3)N(c3cc(C(C)(C)C)ccn3)c3ccccc3C4(C)C)cc2N2[CH-]N(c3c(C)cc(C)cc3C)c3c2cc(C(C)(C)C)cc3C(C)(C)C)c(C)c1. The van der Waals surface area contributed by atoms with E-state index >= 15 is 0 Å². The molecule has 0 spiro atoms. The Hall–Kier alpha value is -6.33.